The number of hydrogen-bond acceptors (Lipinski definition) is 5. The Bertz CT molecular complexity index is 1290. The van der Waals surface area contributed by atoms with Crippen molar-refractivity contribution in [3.05, 3.63) is 70.5 Å². The maximum absolute atomic E-state index is 13.5. The molecule has 2 aromatic carbocycles. The van der Waals surface area contributed by atoms with E-state index in [-0.39, 0.29) is 17.9 Å². The van der Waals surface area contributed by atoms with Gasteiger partial charge in [-0.1, -0.05) is 17.7 Å². The quantitative estimate of drug-likeness (QED) is 0.382. The second kappa shape index (κ2) is 11.5. The highest BCUT2D eigenvalue weighted by Gasteiger charge is 2.32. The number of benzene rings is 2. The number of amides is 2. The van der Waals surface area contributed by atoms with Crippen molar-refractivity contribution in [2.75, 3.05) is 25.0 Å². The largest absolute Gasteiger partial charge is 0.494 e. The van der Waals surface area contributed by atoms with Gasteiger partial charge in [0, 0.05) is 29.7 Å². The molecule has 1 aromatic heterocycles. The van der Waals surface area contributed by atoms with Gasteiger partial charge < -0.3 is 19.7 Å². The topological polar surface area (TPSA) is 85.7 Å². The van der Waals surface area contributed by atoms with Crippen LogP contribution in [0.4, 0.5) is 10.5 Å². The lowest BCUT2D eigenvalue weighted by Crippen LogP contribution is -2.41. The molecule has 0 bridgehead atoms. The van der Waals surface area contributed by atoms with Crippen molar-refractivity contribution < 1.29 is 19.1 Å². The predicted molar refractivity (Wildman–Crippen MR) is 149 cm³/mol. The third-order valence-corrected chi connectivity index (χ3v) is 6.88. The van der Waals surface area contributed by atoms with Gasteiger partial charge >= 0.3 is 6.09 Å². The predicted octanol–water partition coefficient (Wildman–Crippen LogP) is 6.60. The molecular weight excluding hydrogens is 504 g/mol. The van der Waals surface area contributed by atoms with Crippen molar-refractivity contribution in [2.45, 2.75) is 59.0 Å². The molecule has 0 aliphatic carbocycles. The Morgan fingerprint density at radius 3 is 2.42 bits per heavy atom. The van der Waals surface area contributed by atoms with Gasteiger partial charge in [-0.05, 0) is 89.4 Å². The number of halogens is 1. The molecule has 1 fully saturated rings. The highest BCUT2D eigenvalue weighted by molar-refractivity contribution is 6.31. The van der Waals surface area contributed by atoms with Crippen molar-refractivity contribution in [1.29, 1.82) is 0 Å². The minimum atomic E-state index is -0.553. The molecule has 2 heterocycles. The highest BCUT2D eigenvalue weighted by Crippen LogP contribution is 2.34. The van der Waals surface area contributed by atoms with E-state index in [4.69, 9.17) is 21.1 Å². The summed E-state index contributed by atoms with van der Waals surface area (Å²) in [4.78, 5) is 27.9. The third-order valence-electron chi connectivity index (χ3n) is 6.47. The Morgan fingerprint density at radius 1 is 1.11 bits per heavy atom. The van der Waals surface area contributed by atoms with Crippen LogP contribution in [0, 0.1) is 6.92 Å². The number of carbonyl (C=O) groups excluding carboxylic acids is 2. The summed E-state index contributed by atoms with van der Waals surface area (Å²) in [5.41, 5.74) is 3.11. The van der Waals surface area contributed by atoms with Crippen LogP contribution in [0.1, 0.15) is 68.1 Å². The molecule has 1 N–H and O–H groups in total. The number of carbonyl (C=O) groups is 2. The maximum Gasteiger partial charge on any atom is 0.410 e. The molecule has 1 aliphatic rings. The van der Waals surface area contributed by atoms with E-state index in [0.29, 0.717) is 48.8 Å². The molecule has 1 saturated heterocycles. The standard InChI is InChI=1S/C29H35ClN4O4/c1-6-37-22-12-10-21(11-13-22)32-27(35)23-18-31-34(25-9-7-8-24(30)19(25)2)26(23)20-14-16-33(17-15-20)28(36)38-29(3,4)5/h7-13,18,20H,6,14-17H2,1-5H3,(H,32,35). The number of rotatable bonds is 6. The van der Waals surface area contributed by atoms with Gasteiger partial charge in [-0.3, -0.25) is 4.79 Å². The number of nitrogens with one attached hydrogen (secondary N) is 1. The van der Waals surface area contributed by atoms with Crippen LogP contribution in [0.15, 0.2) is 48.7 Å². The average molecular weight is 539 g/mol. The average Bonchev–Trinajstić information content (AvgIpc) is 3.31. The van der Waals surface area contributed by atoms with Gasteiger partial charge in [-0.25, -0.2) is 9.48 Å². The number of piperidine rings is 1. The first kappa shape index (κ1) is 27.5. The fourth-order valence-corrected chi connectivity index (χ4v) is 4.77. The fraction of sp³-hybridized carbons (Fsp3) is 0.414. The summed E-state index contributed by atoms with van der Waals surface area (Å²) in [5, 5.41) is 8.26. The Labute approximate surface area is 228 Å². The number of likely N-dealkylation sites (tertiary alicyclic amines) is 1. The van der Waals surface area contributed by atoms with E-state index >= 15 is 0 Å². The SMILES string of the molecule is CCOc1ccc(NC(=O)c2cnn(-c3cccc(Cl)c3C)c2C2CCN(C(=O)OC(C)(C)C)CC2)cc1. The number of aromatic nitrogens is 2. The summed E-state index contributed by atoms with van der Waals surface area (Å²) in [6, 6.07) is 12.9. The molecule has 0 saturated carbocycles. The van der Waals surface area contributed by atoms with Gasteiger partial charge in [0.25, 0.3) is 5.91 Å². The van der Waals surface area contributed by atoms with Crippen LogP contribution in [0.25, 0.3) is 5.69 Å². The number of ether oxygens (including phenoxy) is 2. The van der Waals surface area contributed by atoms with Crippen LogP contribution in [0.2, 0.25) is 5.02 Å². The summed E-state index contributed by atoms with van der Waals surface area (Å²) >= 11 is 6.43. The van der Waals surface area contributed by atoms with E-state index in [1.807, 2.05) is 81.8 Å². The molecule has 0 atom stereocenters. The van der Waals surface area contributed by atoms with Crippen molar-refractivity contribution in [3.8, 4) is 11.4 Å². The van der Waals surface area contributed by atoms with E-state index in [1.54, 1.807) is 11.1 Å². The number of hydrogen-bond donors (Lipinski definition) is 1. The van der Waals surface area contributed by atoms with E-state index in [2.05, 4.69) is 10.4 Å². The van der Waals surface area contributed by atoms with Crippen molar-refractivity contribution in [3.63, 3.8) is 0 Å². The van der Waals surface area contributed by atoms with Gasteiger partial charge in [0.2, 0.25) is 0 Å². The molecule has 1 aliphatic heterocycles. The van der Waals surface area contributed by atoms with Crippen LogP contribution in [0.5, 0.6) is 5.75 Å². The molecule has 4 rings (SSSR count). The van der Waals surface area contributed by atoms with Crippen LogP contribution in [0.3, 0.4) is 0 Å². The van der Waals surface area contributed by atoms with Crippen molar-refractivity contribution in [1.82, 2.24) is 14.7 Å². The zero-order valence-electron chi connectivity index (χ0n) is 22.6. The normalized spacial score (nSPS) is 14.3. The van der Waals surface area contributed by atoms with Gasteiger partial charge in [0.15, 0.2) is 0 Å². The van der Waals surface area contributed by atoms with Crippen LogP contribution >= 0.6 is 11.6 Å². The maximum atomic E-state index is 13.5. The van der Waals surface area contributed by atoms with Gasteiger partial charge in [-0.2, -0.15) is 5.10 Å². The van der Waals surface area contributed by atoms with E-state index < -0.39 is 5.60 Å². The van der Waals surface area contributed by atoms with Crippen LogP contribution in [-0.4, -0.2) is 52.0 Å². The summed E-state index contributed by atoms with van der Waals surface area (Å²) < 4.78 is 12.9. The third kappa shape index (κ3) is 6.30. The molecular formula is C29H35ClN4O4. The van der Waals surface area contributed by atoms with E-state index in [1.165, 1.54) is 0 Å². The molecule has 8 nitrogen and oxygen atoms in total. The molecule has 0 spiro atoms. The van der Waals surface area contributed by atoms with Gasteiger partial charge in [-0.15, -0.1) is 0 Å². The first-order valence-corrected chi connectivity index (χ1v) is 13.3. The zero-order chi connectivity index (χ0) is 27.4. The Hall–Kier alpha value is -3.52. The minimum Gasteiger partial charge on any atom is -0.494 e. The number of anilines is 1. The summed E-state index contributed by atoms with van der Waals surface area (Å²) in [6.45, 7) is 11.1. The molecule has 0 unspecified atom stereocenters. The number of nitrogens with zero attached hydrogens (tertiary/aromatic N) is 3. The lowest BCUT2D eigenvalue weighted by Gasteiger charge is -2.34. The molecule has 2 amide bonds. The Morgan fingerprint density at radius 2 is 1.79 bits per heavy atom. The first-order valence-electron chi connectivity index (χ1n) is 12.9. The van der Waals surface area contributed by atoms with Gasteiger partial charge in [0.1, 0.15) is 11.4 Å². The second-order valence-electron chi connectivity index (χ2n) is 10.4. The molecule has 202 valence electrons. The molecule has 38 heavy (non-hydrogen) atoms. The zero-order valence-corrected chi connectivity index (χ0v) is 23.3. The smallest absolute Gasteiger partial charge is 0.410 e. The van der Waals surface area contributed by atoms with E-state index in [9.17, 15) is 9.59 Å². The van der Waals surface area contributed by atoms with Gasteiger partial charge in [0.05, 0.1) is 29.7 Å². The lowest BCUT2D eigenvalue weighted by atomic mass is 9.90. The summed E-state index contributed by atoms with van der Waals surface area (Å²) in [7, 11) is 0. The lowest BCUT2D eigenvalue weighted by molar-refractivity contribution is 0.0203. The van der Waals surface area contributed by atoms with Crippen molar-refractivity contribution >= 4 is 29.3 Å². The highest BCUT2D eigenvalue weighted by atomic mass is 35.5. The minimum absolute atomic E-state index is 0.00986. The Balaban J connectivity index is 1.62. The fourth-order valence-electron chi connectivity index (χ4n) is 4.60. The molecule has 3 aromatic rings. The summed E-state index contributed by atoms with van der Waals surface area (Å²) in [5.74, 6) is 0.507. The Kier molecular flexibility index (Phi) is 8.31. The second-order valence-corrected chi connectivity index (χ2v) is 10.8. The monoisotopic (exact) mass is 538 g/mol. The first-order chi connectivity index (χ1) is 18.1. The summed E-state index contributed by atoms with van der Waals surface area (Å²) in [6.07, 6.45) is 2.64. The van der Waals surface area contributed by atoms with Crippen molar-refractivity contribution in [2.24, 2.45) is 0 Å². The van der Waals surface area contributed by atoms with Crippen LogP contribution < -0.4 is 10.1 Å². The molecule has 0 radical (unpaired) electrons. The van der Waals surface area contributed by atoms with Crippen LogP contribution in [-0.2, 0) is 4.74 Å². The van der Waals surface area contributed by atoms with E-state index in [0.717, 1.165) is 22.7 Å². The molecule has 9 heteroatoms.